The van der Waals surface area contributed by atoms with Crippen LogP contribution in [0.25, 0.3) is 0 Å². The first-order valence-electron chi connectivity index (χ1n) is 5.85. The van der Waals surface area contributed by atoms with Crippen molar-refractivity contribution >= 4 is 11.8 Å². The van der Waals surface area contributed by atoms with Crippen molar-refractivity contribution in [2.24, 2.45) is 0 Å². The van der Waals surface area contributed by atoms with Gasteiger partial charge in [0.15, 0.2) is 11.6 Å². The minimum atomic E-state index is -0.674. The van der Waals surface area contributed by atoms with Crippen LogP contribution in [-0.2, 0) is 0 Å². The Bertz CT molecular complexity index is 510. The SMILES string of the molecule is OC(COc1ccccc1F)CSc1ccccn1. The second kappa shape index (κ2) is 7.11. The Hall–Kier alpha value is -1.59. The van der Waals surface area contributed by atoms with Gasteiger partial charge in [-0.25, -0.2) is 9.37 Å². The van der Waals surface area contributed by atoms with Gasteiger partial charge in [0.2, 0.25) is 0 Å². The van der Waals surface area contributed by atoms with Crippen LogP contribution in [-0.4, -0.2) is 28.6 Å². The Kier molecular flexibility index (Phi) is 5.18. The number of rotatable bonds is 6. The topological polar surface area (TPSA) is 42.4 Å². The number of aliphatic hydroxyl groups excluding tert-OH is 1. The fourth-order valence-corrected chi connectivity index (χ4v) is 2.18. The van der Waals surface area contributed by atoms with E-state index in [9.17, 15) is 9.50 Å². The third-order valence-electron chi connectivity index (χ3n) is 2.33. The summed E-state index contributed by atoms with van der Waals surface area (Å²) in [5, 5.41) is 10.6. The van der Waals surface area contributed by atoms with E-state index in [4.69, 9.17) is 4.74 Å². The number of thioether (sulfide) groups is 1. The molecule has 5 heteroatoms. The molecule has 0 aliphatic rings. The molecule has 3 nitrogen and oxygen atoms in total. The maximum Gasteiger partial charge on any atom is 0.165 e. The molecule has 0 spiro atoms. The predicted molar refractivity (Wildman–Crippen MR) is 72.9 cm³/mol. The van der Waals surface area contributed by atoms with Gasteiger partial charge in [0.25, 0.3) is 0 Å². The second-order valence-electron chi connectivity index (χ2n) is 3.87. The third-order valence-corrected chi connectivity index (χ3v) is 3.42. The van der Waals surface area contributed by atoms with Crippen LogP contribution in [0.3, 0.4) is 0 Å². The number of benzene rings is 1. The molecule has 0 aliphatic carbocycles. The van der Waals surface area contributed by atoms with E-state index in [0.29, 0.717) is 5.75 Å². The Morgan fingerprint density at radius 3 is 2.74 bits per heavy atom. The monoisotopic (exact) mass is 279 g/mol. The van der Waals surface area contributed by atoms with Crippen LogP contribution in [0.2, 0.25) is 0 Å². The lowest BCUT2D eigenvalue weighted by Crippen LogP contribution is -2.20. The Labute approximate surface area is 115 Å². The summed E-state index contributed by atoms with van der Waals surface area (Å²) in [7, 11) is 0. The molecule has 2 aromatic rings. The summed E-state index contributed by atoms with van der Waals surface area (Å²) in [6.07, 6.45) is 1.02. The fourth-order valence-electron chi connectivity index (χ4n) is 1.41. The second-order valence-corrected chi connectivity index (χ2v) is 4.91. The van der Waals surface area contributed by atoms with Gasteiger partial charge >= 0.3 is 0 Å². The Balaban J connectivity index is 1.76. The van der Waals surface area contributed by atoms with Crippen molar-refractivity contribution in [3.63, 3.8) is 0 Å². The first-order valence-corrected chi connectivity index (χ1v) is 6.83. The van der Waals surface area contributed by atoms with Gasteiger partial charge < -0.3 is 9.84 Å². The summed E-state index contributed by atoms with van der Waals surface area (Å²) in [6.45, 7) is 0.0563. The van der Waals surface area contributed by atoms with E-state index in [-0.39, 0.29) is 12.4 Å². The normalized spacial score (nSPS) is 12.1. The minimum Gasteiger partial charge on any atom is -0.488 e. The number of aliphatic hydroxyl groups is 1. The van der Waals surface area contributed by atoms with Gasteiger partial charge in [-0.1, -0.05) is 18.2 Å². The molecule has 1 atom stereocenters. The average molecular weight is 279 g/mol. The zero-order valence-electron chi connectivity index (χ0n) is 10.2. The van der Waals surface area contributed by atoms with E-state index in [0.717, 1.165) is 5.03 Å². The van der Waals surface area contributed by atoms with Crippen molar-refractivity contribution in [2.75, 3.05) is 12.4 Å². The van der Waals surface area contributed by atoms with E-state index in [1.165, 1.54) is 23.9 Å². The van der Waals surface area contributed by atoms with Crippen LogP contribution < -0.4 is 4.74 Å². The number of nitrogens with zero attached hydrogens (tertiary/aromatic N) is 1. The van der Waals surface area contributed by atoms with Gasteiger partial charge in [-0.3, -0.25) is 0 Å². The Morgan fingerprint density at radius 1 is 1.21 bits per heavy atom. The molecule has 1 aromatic heterocycles. The van der Waals surface area contributed by atoms with Gasteiger partial charge in [0.05, 0.1) is 11.1 Å². The molecule has 0 saturated heterocycles. The molecule has 0 radical (unpaired) electrons. The highest BCUT2D eigenvalue weighted by molar-refractivity contribution is 7.99. The summed E-state index contributed by atoms with van der Waals surface area (Å²) >= 11 is 1.43. The largest absolute Gasteiger partial charge is 0.488 e. The van der Waals surface area contributed by atoms with Gasteiger partial charge in [-0.05, 0) is 24.3 Å². The van der Waals surface area contributed by atoms with Gasteiger partial charge in [0.1, 0.15) is 6.61 Å². The van der Waals surface area contributed by atoms with Crippen molar-refractivity contribution < 1.29 is 14.2 Å². The highest BCUT2D eigenvalue weighted by Gasteiger charge is 2.08. The number of aromatic nitrogens is 1. The van der Waals surface area contributed by atoms with E-state index in [1.54, 1.807) is 18.3 Å². The van der Waals surface area contributed by atoms with Crippen molar-refractivity contribution in [2.45, 2.75) is 11.1 Å². The van der Waals surface area contributed by atoms with E-state index >= 15 is 0 Å². The molecule has 1 N–H and O–H groups in total. The zero-order chi connectivity index (χ0) is 13.5. The lowest BCUT2D eigenvalue weighted by Gasteiger charge is -2.12. The summed E-state index contributed by atoms with van der Waals surface area (Å²) < 4.78 is 18.5. The van der Waals surface area contributed by atoms with Crippen LogP contribution >= 0.6 is 11.8 Å². The van der Waals surface area contributed by atoms with E-state index in [1.807, 2.05) is 18.2 Å². The fraction of sp³-hybridized carbons (Fsp3) is 0.214. The standard InChI is InChI=1S/C14H14FNO2S/c15-12-5-1-2-6-13(12)18-9-11(17)10-19-14-7-3-4-8-16-14/h1-8,11,17H,9-10H2. The molecule has 1 unspecified atom stereocenters. The number of hydrogen-bond donors (Lipinski definition) is 1. The first kappa shape index (κ1) is 13.8. The molecule has 0 fully saturated rings. The first-order chi connectivity index (χ1) is 9.25. The molecule has 0 bridgehead atoms. The molecule has 100 valence electrons. The number of halogens is 1. The average Bonchev–Trinajstić information content (AvgIpc) is 2.45. The van der Waals surface area contributed by atoms with Crippen molar-refractivity contribution in [3.05, 3.63) is 54.5 Å². The summed E-state index contributed by atoms with van der Waals surface area (Å²) in [4.78, 5) is 4.13. The summed E-state index contributed by atoms with van der Waals surface area (Å²) in [5.41, 5.74) is 0. The molecule has 1 heterocycles. The van der Waals surface area contributed by atoms with E-state index in [2.05, 4.69) is 4.98 Å². The van der Waals surface area contributed by atoms with Crippen LogP contribution in [0, 0.1) is 5.82 Å². The highest BCUT2D eigenvalue weighted by atomic mass is 32.2. The quantitative estimate of drug-likeness (QED) is 0.826. The molecule has 19 heavy (non-hydrogen) atoms. The minimum absolute atomic E-state index is 0.0563. The van der Waals surface area contributed by atoms with Crippen LogP contribution in [0.4, 0.5) is 4.39 Å². The zero-order valence-corrected chi connectivity index (χ0v) is 11.0. The molecule has 1 aromatic carbocycles. The number of pyridine rings is 1. The molecule has 0 amide bonds. The molecule has 2 rings (SSSR count). The van der Waals surface area contributed by atoms with Crippen molar-refractivity contribution in [1.82, 2.24) is 4.98 Å². The van der Waals surface area contributed by atoms with E-state index < -0.39 is 11.9 Å². The van der Waals surface area contributed by atoms with Crippen molar-refractivity contribution in [1.29, 1.82) is 0 Å². The highest BCUT2D eigenvalue weighted by Crippen LogP contribution is 2.18. The smallest absolute Gasteiger partial charge is 0.165 e. The maximum atomic E-state index is 13.3. The third kappa shape index (κ3) is 4.54. The molecular weight excluding hydrogens is 265 g/mol. The predicted octanol–water partition coefficient (Wildman–Crippen LogP) is 2.75. The van der Waals surface area contributed by atoms with Gasteiger partial charge in [-0.2, -0.15) is 0 Å². The van der Waals surface area contributed by atoms with Crippen molar-refractivity contribution in [3.8, 4) is 5.75 Å². The molecule has 0 aliphatic heterocycles. The maximum absolute atomic E-state index is 13.3. The number of hydrogen-bond acceptors (Lipinski definition) is 4. The Morgan fingerprint density at radius 2 is 2.00 bits per heavy atom. The summed E-state index contributed by atoms with van der Waals surface area (Å²) in [6, 6.07) is 11.7. The number of para-hydroxylation sites is 1. The molecule has 0 saturated carbocycles. The lowest BCUT2D eigenvalue weighted by atomic mass is 10.3. The van der Waals surface area contributed by atoms with Gasteiger partial charge in [0, 0.05) is 11.9 Å². The van der Waals surface area contributed by atoms with Gasteiger partial charge in [-0.15, -0.1) is 11.8 Å². The van der Waals surface area contributed by atoms with Crippen LogP contribution in [0.5, 0.6) is 5.75 Å². The lowest BCUT2D eigenvalue weighted by molar-refractivity contribution is 0.123. The number of ether oxygens (including phenoxy) is 1. The molecular formula is C14H14FNO2S. The van der Waals surface area contributed by atoms with Crippen LogP contribution in [0.1, 0.15) is 0 Å². The van der Waals surface area contributed by atoms with Crippen LogP contribution in [0.15, 0.2) is 53.7 Å². The summed E-state index contributed by atoms with van der Waals surface area (Å²) in [5.74, 6) is 0.183.